The quantitative estimate of drug-likeness (QED) is 0.418. The second kappa shape index (κ2) is 9.44. The van der Waals surface area contributed by atoms with Gasteiger partial charge in [-0.15, -0.1) is 35.3 Å². The molecule has 0 atom stereocenters. The van der Waals surface area contributed by atoms with Gasteiger partial charge in [-0.05, 0) is 31.5 Å². The van der Waals surface area contributed by atoms with Gasteiger partial charge in [0, 0.05) is 30.5 Å². The third kappa shape index (κ3) is 5.93. The van der Waals surface area contributed by atoms with E-state index in [9.17, 15) is 0 Å². The zero-order valence-corrected chi connectivity index (χ0v) is 17.7. The van der Waals surface area contributed by atoms with E-state index in [4.69, 9.17) is 11.6 Å². The van der Waals surface area contributed by atoms with E-state index >= 15 is 0 Å². The summed E-state index contributed by atoms with van der Waals surface area (Å²) in [4.78, 5) is 12.1. The van der Waals surface area contributed by atoms with E-state index < -0.39 is 0 Å². The molecule has 126 valence electrons. The second-order valence-corrected chi connectivity index (χ2v) is 6.85. The first-order valence-electron chi connectivity index (χ1n) is 7.08. The lowest BCUT2D eigenvalue weighted by Crippen LogP contribution is -2.38. The summed E-state index contributed by atoms with van der Waals surface area (Å²) in [7, 11) is 3.81. The van der Waals surface area contributed by atoms with Crippen LogP contribution in [0.25, 0.3) is 0 Å². The van der Waals surface area contributed by atoms with Crippen LogP contribution in [0, 0.1) is 13.8 Å². The smallest absolute Gasteiger partial charge is 0.193 e. The fourth-order valence-corrected chi connectivity index (χ4v) is 3.36. The molecule has 1 aromatic carbocycles. The number of rotatable bonds is 4. The van der Waals surface area contributed by atoms with Crippen LogP contribution in [0.1, 0.15) is 21.1 Å². The number of aryl methyl sites for hydroxylation is 2. The SMILES string of the molecule is CN=C(NCc1sc(C)nc1C)N(C)Cc1cccc(Cl)c1.I. The van der Waals surface area contributed by atoms with Crippen LogP contribution in [-0.2, 0) is 13.1 Å². The van der Waals surface area contributed by atoms with E-state index in [1.807, 2.05) is 39.1 Å². The van der Waals surface area contributed by atoms with Crippen molar-refractivity contribution in [2.24, 2.45) is 4.99 Å². The molecule has 0 saturated carbocycles. The van der Waals surface area contributed by atoms with Crippen molar-refractivity contribution in [2.45, 2.75) is 26.9 Å². The highest BCUT2D eigenvalue weighted by atomic mass is 127. The van der Waals surface area contributed by atoms with Gasteiger partial charge in [-0.3, -0.25) is 4.99 Å². The van der Waals surface area contributed by atoms with E-state index in [2.05, 4.69) is 26.3 Å². The van der Waals surface area contributed by atoms with Gasteiger partial charge >= 0.3 is 0 Å². The predicted octanol–water partition coefficient (Wildman–Crippen LogP) is 4.24. The maximum atomic E-state index is 6.03. The number of aromatic nitrogens is 1. The molecule has 1 N–H and O–H groups in total. The zero-order chi connectivity index (χ0) is 16.1. The molecule has 2 aromatic rings. The molecular weight excluding hydrogens is 443 g/mol. The van der Waals surface area contributed by atoms with Crippen molar-refractivity contribution in [3.8, 4) is 0 Å². The highest BCUT2D eigenvalue weighted by Crippen LogP contribution is 2.17. The van der Waals surface area contributed by atoms with Crippen LogP contribution in [0.15, 0.2) is 29.3 Å². The number of hydrogen-bond donors (Lipinski definition) is 1. The molecule has 7 heteroatoms. The molecule has 0 aliphatic heterocycles. The fraction of sp³-hybridized carbons (Fsp3) is 0.375. The number of hydrogen-bond acceptors (Lipinski definition) is 3. The Kier molecular flexibility index (Phi) is 8.28. The Morgan fingerprint density at radius 1 is 1.39 bits per heavy atom. The molecule has 2 rings (SSSR count). The maximum Gasteiger partial charge on any atom is 0.193 e. The van der Waals surface area contributed by atoms with Gasteiger partial charge in [0.05, 0.1) is 17.2 Å². The minimum absolute atomic E-state index is 0. The van der Waals surface area contributed by atoms with E-state index in [1.54, 1.807) is 18.4 Å². The van der Waals surface area contributed by atoms with E-state index in [1.165, 1.54) is 4.88 Å². The number of guanidine groups is 1. The molecule has 0 spiro atoms. The first kappa shape index (κ1) is 20.2. The van der Waals surface area contributed by atoms with E-state index in [0.717, 1.165) is 40.3 Å². The zero-order valence-electron chi connectivity index (χ0n) is 13.8. The Morgan fingerprint density at radius 3 is 2.70 bits per heavy atom. The van der Waals surface area contributed by atoms with Crippen LogP contribution in [0.4, 0.5) is 0 Å². The number of aliphatic imine (C=N–C) groups is 1. The molecule has 23 heavy (non-hydrogen) atoms. The molecule has 0 saturated heterocycles. The lowest BCUT2D eigenvalue weighted by Gasteiger charge is -2.22. The number of thiazole rings is 1. The first-order valence-corrected chi connectivity index (χ1v) is 8.28. The van der Waals surface area contributed by atoms with Crippen LogP contribution in [0.5, 0.6) is 0 Å². The van der Waals surface area contributed by atoms with Crippen molar-refractivity contribution in [1.29, 1.82) is 0 Å². The van der Waals surface area contributed by atoms with Gasteiger partial charge in [0.15, 0.2) is 5.96 Å². The van der Waals surface area contributed by atoms with Gasteiger partial charge in [0.1, 0.15) is 0 Å². The lowest BCUT2D eigenvalue weighted by molar-refractivity contribution is 0.477. The number of halogens is 2. The maximum absolute atomic E-state index is 6.03. The molecule has 1 aromatic heterocycles. The summed E-state index contributed by atoms with van der Waals surface area (Å²) in [6.07, 6.45) is 0. The summed E-state index contributed by atoms with van der Waals surface area (Å²) in [5, 5.41) is 5.24. The average molecular weight is 465 g/mol. The first-order chi connectivity index (χ1) is 10.5. The van der Waals surface area contributed by atoms with E-state index in [-0.39, 0.29) is 24.0 Å². The molecule has 0 bridgehead atoms. The van der Waals surface area contributed by atoms with Crippen LogP contribution in [-0.4, -0.2) is 29.9 Å². The third-order valence-electron chi connectivity index (χ3n) is 3.29. The van der Waals surface area contributed by atoms with Gasteiger partial charge < -0.3 is 10.2 Å². The van der Waals surface area contributed by atoms with Gasteiger partial charge in [-0.2, -0.15) is 0 Å². The summed E-state index contributed by atoms with van der Waals surface area (Å²) in [5.41, 5.74) is 2.24. The third-order valence-corrected chi connectivity index (χ3v) is 4.60. The Labute approximate surface area is 164 Å². The molecule has 4 nitrogen and oxygen atoms in total. The number of nitrogens with zero attached hydrogens (tertiary/aromatic N) is 3. The van der Waals surface area contributed by atoms with Crippen LogP contribution >= 0.6 is 46.9 Å². The largest absolute Gasteiger partial charge is 0.351 e. The summed E-state index contributed by atoms with van der Waals surface area (Å²) < 4.78 is 0. The van der Waals surface area contributed by atoms with Crippen molar-refractivity contribution in [1.82, 2.24) is 15.2 Å². The van der Waals surface area contributed by atoms with Gasteiger partial charge in [-0.1, -0.05) is 23.7 Å². The summed E-state index contributed by atoms with van der Waals surface area (Å²) in [6.45, 7) is 5.56. The van der Waals surface area contributed by atoms with Crippen molar-refractivity contribution in [3.63, 3.8) is 0 Å². The monoisotopic (exact) mass is 464 g/mol. The van der Waals surface area contributed by atoms with Crippen LogP contribution in [0.2, 0.25) is 5.02 Å². The van der Waals surface area contributed by atoms with Crippen molar-refractivity contribution < 1.29 is 0 Å². The molecule has 0 amide bonds. The predicted molar refractivity (Wildman–Crippen MR) is 110 cm³/mol. The van der Waals surface area contributed by atoms with Crippen molar-refractivity contribution in [2.75, 3.05) is 14.1 Å². The molecule has 0 aliphatic rings. The lowest BCUT2D eigenvalue weighted by atomic mass is 10.2. The molecular formula is C16H22ClIN4S. The summed E-state index contributed by atoms with van der Waals surface area (Å²) >= 11 is 7.75. The van der Waals surface area contributed by atoms with Crippen LogP contribution in [0.3, 0.4) is 0 Å². The van der Waals surface area contributed by atoms with Crippen molar-refractivity contribution in [3.05, 3.63) is 50.4 Å². The normalized spacial score (nSPS) is 11.1. The minimum atomic E-state index is 0. The molecule has 0 fully saturated rings. The molecule has 0 aliphatic carbocycles. The minimum Gasteiger partial charge on any atom is -0.351 e. The second-order valence-electron chi connectivity index (χ2n) is 5.13. The summed E-state index contributed by atoms with van der Waals surface area (Å²) in [6, 6.07) is 7.88. The molecule has 0 radical (unpaired) electrons. The fourth-order valence-electron chi connectivity index (χ4n) is 2.27. The average Bonchev–Trinajstić information content (AvgIpc) is 2.77. The number of benzene rings is 1. The molecule has 0 unspecified atom stereocenters. The Morgan fingerprint density at radius 2 is 2.13 bits per heavy atom. The van der Waals surface area contributed by atoms with Crippen LogP contribution < -0.4 is 5.32 Å². The topological polar surface area (TPSA) is 40.5 Å². The van der Waals surface area contributed by atoms with Gasteiger partial charge in [-0.25, -0.2) is 4.98 Å². The van der Waals surface area contributed by atoms with E-state index in [0.29, 0.717) is 0 Å². The van der Waals surface area contributed by atoms with Crippen molar-refractivity contribution >= 4 is 52.9 Å². The summed E-state index contributed by atoms with van der Waals surface area (Å²) in [5.74, 6) is 0.852. The highest BCUT2D eigenvalue weighted by molar-refractivity contribution is 14.0. The Hall–Kier alpha value is -0.860. The highest BCUT2D eigenvalue weighted by Gasteiger charge is 2.09. The Bertz CT molecular complexity index is 672. The van der Waals surface area contributed by atoms with Gasteiger partial charge in [0.25, 0.3) is 0 Å². The van der Waals surface area contributed by atoms with Gasteiger partial charge in [0.2, 0.25) is 0 Å². The standard InChI is InChI=1S/C16H21ClN4S.HI/c1-11-15(22-12(2)20-11)9-19-16(18-3)21(4)10-13-6-5-7-14(17)8-13;/h5-8H,9-10H2,1-4H3,(H,18,19);1H. The molecule has 1 heterocycles. The number of nitrogens with one attached hydrogen (secondary N) is 1. The Balaban J connectivity index is 0.00000264.